The van der Waals surface area contributed by atoms with Crippen LogP contribution in [-0.4, -0.2) is 6.61 Å². The third-order valence-corrected chi connectivity index (χ3v) is 1.47. The zero-order chi connectivity index (χ0) is 8.81. The third-order valence-electron chi connectivity index (χ3n) is 1.47. The molecule has 1 rings (SSSR count). The Hall–Kier alpha value is -1.31. The number of hydrogen-bond donors (Lipinski definition) is 0. The highest BCUT2D eigenvalue weighted by atomic mass is 19.1. The van der Waals surface area contributed by atoms with Crippen molar-refractivity contribution in [3.8, 4) is 5.75 Å². The van der Waals surface area contributed by atoms with Gasteiger partial charge in [-0.25, -0.2) is 4.39 Å². The minimum Gasteiger partial charge on any atom is -0.489 e. The minimum absolute atomic E-state index is 0.414. The summed E-state index contributed by atoms with van der Waals surface area (Å²) in [5.74, 6) is 0.597. The molecule has 0 radical (unpaired) electrons. The minimum atomic E-state index is -0.493. The summed E-state index contributed by atoms with van der Waals surface area (Å²) < 4.78 is 17.5. The van der Waals surface area contributed by atoms with Gasteiger partial charge in [0.1, 0.15) is 19.0 Å². The maximum atomic E-state index is 12.3. The fourth-order valence-corrected chi connectivity index (χ4v) is 0.904. The van der Waals surface area contributed by atoms with Crippen molar-refractivity contribution in [3.63, 3.8) is 0 Å². The van der Waals surface area contributed by atoms with Crippen LogP contribution in [0, 0.1) is 0 Å². The Balaban J connectivity index is 2.74. The number of alkyl halides is 1. The van der Waals surface area contributed by atoms with Crippen molar-refractivity contribution in [3.05, 3.63) is 42.5 Å². The van der Waals surface area contributed by atoms with E-state index in [9.17, 15) is 4.39 Å². The Kier molecular flexibility index (Phi) is 3.33. The van der Waals surface area contributed by atoms with Crippen LogP contribution in [0.15, 0.2) is 36.9 Å². The molecule has 0 saturated heterocycles. The zero-order valence-electron chi connectivity index (χ0n) is 6.79. The van der Waals surface area contributed by atoms with Gasteiger partial charge in [-0.05, 0) is 6.07 Å². The van der Waals surface area contributed by atoms with Crippen molar-refractivity contribution in [2.45, 2.75) is 6.67 Å². The Morgan fingerprint density at radius 2 is 2.17 bits per heavy atom. The predicted molar refractivity (Wildman–Crippen MR) is 46.9 cm³/mol. The molecule has 12 heavy (non-hydrogen) atoms. The lowest BCUT2D eigenvalue weighted by Crippen LogP contribution is -1.95. The van der Waals surface area contributed by atoms with Gasteiger partial charge < -0.3 is 4.74 Å². The first-order valence-corrected chi connectivity index (χ1v) is 3.76. The SMILES string of the molecule is C=CCOc1ccccc1CF. The van der Waals surface area contributed by atoms with Crippen LogP contribution in [0.2, 0.25) is 0 Å². The van der Waals surface area contributed by atoms with Crippen LogP contribution in [0.4, 0.5) is 4.39 Å². The topological polar surface area (TPSA) is 9.23 Å². The van der Waals surface area contributed by atoms with Crippen LogP contribution in [0.25, 0.3) is 0 Å². The smallest absolute Gasteiger partial charge is 0.125 e. The van der Waals surface area contributed by atoms with Gasteiger partial charge in [-0.1, -0.05) is 30.9 Å². The first kappa shape index (κ1) is 8.78. The van der Waals surface area contributed by atoms with E-state index in [0.29, 0.717) is 17.9 Å². The molecule has 64 valence electrons. The van der Waals surface area contributed by atoms with Crippen LogP contribution < -0.4 is 4.74 Å². The summed E-state index contributed by atoms with van der Waals surface area (Å²) in [4.78, 5) is 0. The molecule has 0 amide bonds. The Morgan fingerprint density at radius 3 is 2.83 bits per heavy atom. The molecule has 1 aromatic carbocycles. The van der Waals surface area contributed by atoms with Gasteiger partial charge in [-0.2, -0.15) is 0 Å². The van der Waals surface area contributed by atoms with E-state index >= 15 is 0 Å². The number of ether oxygens (including phenoxy) is 1. The molecule has 0 aliphatic heterocycles. The molecule has 0 saturated carbocycles. The van der Waals surface area contributed by atoms with Crippen molar-refractivity contribution in [2.75, 3.05) is 6.61 Å². The Labute approximate surface area is 71.5 Å². The molecular weight excluding hydrogens is 155 g/mol. The van der Waals surface area contributed by atoms with E-state index < -0.39 is 6.67 Å². The second-order valence-electron chi connectivity index (χ2n) is 2.34. The van der Waals surface area contributed by atoms with Gasteiger partial charge in [-0.15, -0.1) is 0 Å². The highest BCUT2D eigenvalue weighted by Crippen LogP contribution is 2.18. The molecular formula is C10H11FO. The van der Waals surface area contributed by atoms with Crippen LogP contribution in [0.3, 0.4) is 0 Å². The number of rotatable bonds is 4. The van der Waals surface area contributed by atoms with Gasteiger partial charge in [0.2, 0.25) is 0 Å². The highest BCUT2D eigenvalue weighted by molar-refractivity contribution is 5.32. The van der Waals surface area contributed by atoms with Gasteiger partial charge in [0.25, 0.3) is 0 Å². The molecule has 0 atom stereocenters. The summed E-state index contributed by atoms with van der Waals surface area (Å²) in [6, 6.07) is 7.06. The molecule has 0 N–H and O–H groups in total. The van der Waals surface area contributed by atoms with E-state index in [1.807, 2.05) is 6.07 Å². The van der Waals surface area contributed by atoms with Crippen LogP contribution in [-0.2, 0) is 6.67 Å². The number of para-hydroxylation sites is 1. The lowest BCUT2D eigenvalue weighted by Gasteiger charge is -2.06. The summed E-state index contributed by atoms with van der Waals surface area (Å²) in [5, 5.41) is 0. The first-order valence-electron chi connectivity index (χ1n) is 3.76. The normalized spacial score (nSPS) is 9.42. The zero-order valence-corrected chi connectivity index (χ0v) is 6.79. The average Bonchev–Trinajstić information content (AvgIpc) is 2.15. The molecule has 2 heteroatoms. The maximum absolute atomic E-state index is 12.3. The molecule has 1 aromatic rings. The fraction of sp³-hybridized carbons (Fsp3) is 0.200. The van der Waals surface area contributed by atoms with Crippen LogP contribution >= 0.6 is 0 Å². The van der Waals surface area contributed by atoms with Crippen LogP contribution in [0.5, 0.6) is 5.75 Å². The van der Waals surface area contributed by atoms with E-state index in [2.05, 4.69) is 6.58 Å². The van der Waals surface area contributed by atoms with Gasteiger partial charge in [0, 0.05) is 5.56 Å². The molecule has 0 unspecified atom stereocenters. The van der Waals surface area contributed by atoms with E-state index in [-0.39, 0.29) is 0 Å². The molecule has 1 nitrogen and oxygen atoms in total. The fourth-order valence-electron chi connectivity index (χ4n) is 0.904. The predicted octanol–water partition coefficient (Wildman–Crippen LogP) is 2.72. The van der Waals surface area contributed by atoms with Gasteiger partial charge in [-0.3, -0.25) is 0 Å². The van der Waals surface area contributed by atoms with E-state index in [0.717, 1.165) is 0 Å². The summed E-state index contributed by atoms with van der Waals surface area (Å²) in [6.45, 7) is 3.43. The molecule has 0 aliphatic carbocycles. The summed E-state index contributed by atoms with van der Waals surface area (Å²) in [7, 11) is 0. The first-order chi connectivity index (χ1) is 5.88. The summed E-state index contributed by atoms with van der Waals surface area (Å²) in [5.41, 5.74) is 0.583. The van der Waals surface area contributed by atoms with Gasteiger partial charge in [0.05, 0.1) is 0 Å². The summed E-state index contributed by atoms with van der Waals surface area (Å²) >= 11 is 0. The van der Waals surface area contributed by atoms with Crippen molar-refractivity contribution in [1.82, 2.24) is 0 Å². The number of benzene rings is 1. The molecule has 0 aliphatic rings. The second kappa shape index (κ2) is 4.54. The maximum Gasteiger partial charge on any atom is 0.125 e. The van der Waals surface area contributed by atoms with Gasteiger partial charge >= 0.3 is 0 Å². The molecule has 0 bridgehead atoms. The molecule has 0 fully saturated rings. The molecule has 0 aromatic heterocycles. The standard InChI is InChI=1S/C10H11FO/c1-2-7-12-10-6-4-3-5-9(10)8-11/h2-6H,1,7-8H2. The number of halogens is 1. The van der Waals surface area contributed by atoms with E-state index in [1.54, 1.807) is 24.3 Å². The quantitative estimate of drug-likeness (QED) is 0.625. The van der Waals surface area contributed by atoms with Crippen molar-refractivity contribution >= 4 is 0 Å². The largest absolute Gasteiger partial charge is 0.489 e. The highest BCUT2D eigenvalue weighted by Gasteiger charge is 1.99. The lowest BCUT2D eigenvalue weighted by molar-refractivity contribution is 0.350. The molecule has 0 heterocycles. The molecule has 0 spiro atoms. The Bertz CT molecular complexity index is 258. The van der Waals surface area contributed by atoms with Crippen LogP contribution in [0.1, 0.15) is 5.56 Å². The van der Waals surface area contributed by atoms with Crippen molar-refractivity contribution < 1.29 is 9.13 Å². The van der Waals surface area contributed by atoms with Gasteiger partial charge in [0.15, 0.2) is 0 Å². The van der Waals surface area contributed by atoms with Crippen molar-refractivity contribution in [2.24, 2.45) is 0 Å². The third kappa shape index (κ3) is 2.09. The monoisotopic (exact) mass is 166 g/mol. The van der Waals surface area contributed by atoms with Crippen molar-refractivity contribution in [1.29, 1.82) is 0 Å². The average molecular weight is 166 g/mol. The summed E-state index contributed by atoms with van der Waals surface area (Å²) in [6.07, 6.45) is 1.63. The lowest BCUT2D eigenvalue weighted by atomic mass is 10.2. The van der Waals surface area contributed by atoms with E-state index in [1.165, 1.54) is 0 Å². The van der Waals surface area contributed by atoms with E-state index in [4.69, 9.17) is 4.74 Å². The second-order valence-corrected chi connectivity index (χ2v) is 2.34. The number of hydrogen-bond acceptors (Lipinski definition) is 1. The Morgan fingerprint density at radius 1 is 1.42 bits per heavy atom.